The van der Waals surface area contributed by atoms with Crippen LogP contribution in [-0.2, 0) is 23.7 Å². The molecule has 1 aromatic rings. The number of fused-ring (bicyclic) bond motifs is 3. The zero-order valence-electron chi connectivity index (χ0n) is 25.2. The van der Waals surface area contributed by atoms with Crippen LogP contribution < -0.4 is 4.74 Å². The molecule has 0 amide bonds. The fourth-order valence-corrected chi connectivity index (χ4v) is 8.37. The molecule has 1 aromatic carbocycles. The minimum atomic E-state index is -1.52. The number of aliphatic hydroxyl groups excluding tert-OH is 5. The largest absolute Gasteiger partial charge is 0.462 e. The van der Waals surface area contributed by atoms with Gasteiger partial charge in [-0.3, -0.25) is 0 Å². The van der Waals surface area contributed by atoms with Crippen molar-refractivity contribution in [2.75, 3.05) is 19.8 Å². The summed E-state index contributed by atoms with van der Waals surface area (Å²) in [5.41, 5.74) is 2.07. The van der Waals surface area contributed by atoms with Crippen LogP contribution in [0.25, 0.3) is 0 Å². The second-order valence-electron chi connectivity index (χ2n) is 13.5. The number of allylic oxidation sites excluding steroid dienone is 2. The standard InChI is InChI=1S/C33H44O11/c1-17-4-11-24-32(2,21(17)10-9-20-22(35)15-40-29(20)39)13-12-25-33(24,3)16-41-30(44-25)18-5-7-19(8-6-18)42-31-28(38)27(37)26(36)23(14-34)43-31/h5-9,21-28,30-31,34-38H,1,4,10-16H2,2-3H3/b20-9+. The van der Waals surface area contributed by atoms with Crippen molar-refractivity contribution in [2.24, 2.45) is 22.7 Å². The molecular formula is C33H44O11. The molecule has 242 valence electrons. The maximum atomic E-state index is 12.1. The number of carbonyl (C=O) groups excluding carboxylic acids is 1. The summed E-state index contributed by atoms with van der Waals surface area (Å²) in [6.07, 6.45) is -2.07. The molecular weight excluding hydrogens is 572 g/mol. The molecule has 5 N–H and O–H groups in total. The highest BCUT2D eigenvalue weighted by Crippen LogP contribution is 2.64. The molecule has 6 rings (SSSR count). The van der Waals surface area contributed by atoms with Gasteiger partial charge in [-0.05, 0) is 61.5 Å². The molecule has 3 heterocycles. The average Bonchev–Trinajstić information content (AvgIpc) is 3.33. The van der Waals surface area contributed by atoms with Gasteiger partial charge in [-0.2, -0.15) is 0 Å². The van der Waals surface area contributed by atoms with Crippen molar-refractivity contribution >= 4 is 5.97 Å². The maximum Gasteiger partial charge on any atom is 0.336 e. The summed E-state index contributed by atoms with van der Waals surface area (Å²) in [5.74, 6) is 0.415. The molecule has 0 radical (unpaired) electrons. The van der Waals surface area contributed by atoms with Crippen LogP contribution in [0.15, 0.2) is 48.1 Å². The number of esters is 1. The van der Waals surface area contributed by atoms with Gasteiger partial charge in [0.2, 0.25) is 6.29 Å². The van der Waals surface area contributed by atoms with E-state index in [2.05, 4.69) is 20.4 Å². The number of ether oxygens (including phenoxy) is 5. The Hall–Kier alpha value is -2.35. The highest BCUT2D eigenvalue weighted by Gasteiger charge is 2.60. The van der Waals surface area contributed by atoms with E-state index >= 15 is 0 Å². The van der Waals surface area contributed by atoms with Gasteiger partial charge in [0, 0.05) is 11.0 Å². The number of hydrogen-bond donors (Lipinski definition) is 5. The van der Waals surface area contributed by atoms with Crippen molar-refractivity contribution in [3.8, 4) is 5.75 Å². The number of benzene rings is 1. The van der Waals surface area contributed by atoms with E-state index < -0.39 is 55.7 Å². The number of rotatable bonds is 6. The molecule has 12 atom stereocenters. The third kappa shape index (κ3) is 5.41. The van der Waals surface area contributed by atoms with E-state index in [1.165, 1.54) is 5.57 Å². The molecule has 12 unspecified atom stereocenters. The van der Waals surface area contributed by atoms with Gasteiger partial charge < -0.3 is 49.2 Å². The van der Waals surface area contributed by atoms with Gasteiger partial charge in [-0.1, -0.05) is 44.2 Å². The summed E-state index contributed by atoms with van der Waals surface area (Å²) < 4.78 is 29.2. The second kappa shape index (κ2) is 12.1. The van der Waals surface area contributed by atoms with Crippen molar-refractivity contribution < 1.29 is 54.0 Å². The highest BCUT2D eigenvalue weighted by molar-refractivity contribution is 5.91. The van der Waals surface area contributed by atoms with Crippen LogP contribution in [0, 0.1) is 22.7 Å². The predicted octanol–water partition coefficient (Wildman–Crippen LogP) is 1.90. The monoisotopic (exact) mass is 616 g/mol. The van der Waals surface area contributed by atoms with E-state index in [1.54, 1.807) is 12.1 Å². The SMILES string of the molecule is C=C1CCC2C3(C)COC(c4ccc(OC5OC(CO)C(O)C(O)C5O)cc4)OC3CCC2(C)C1C/C=C1/C(=O)OCC1O. The molecule has 0 bridgehead atoms. The van der Waals surface area contributed by atoms with E-state index in [-0.39, 0.29) is 29.5 Å². The van der Waals surface area contributed by atoms with Gasteiger partial charge in [0.25, 0.3) is 0 Å². The van der Waals surface area contributed by atoms with Gasteiger partial charge in [-0.25, -0.2) is 4.79 Å². The Morgan fingerprint density at radius 3 is 2.45 bits per heavy atom. The van der Waals surface area contributed by atoms with E-state index in [1.807, 2.05) is 18.2 Å². The molecule has 2 aliphatic carbocycles. The summed E-state index contributed by atoms with van der Waals surface area (Å²) in [5, 5.41) is 49.9. The Morgan fingerprint density at radius 1 is 1.02 bits per heavy atom. The lowest BCUT2D eigenvalue weighted by molar-refractivity contribution is -0.307. The number of carbonyl (C=O) groups is 1. The third-order valence-corrected chi connectivity index (χ3v) is 10.9. The van der Waals surface area contributed by atoms with Gasteiger partial charge in [-0.15, -0.1) is 0 Å². The lowest BCUT2D eigenvalue weighted by Crippen LogP contribution is -2.60. The van der Waals surface area contributed by atoms with E-state index in [0.29, 0.717) is 30.3 Å². The number of aliphatic hydroxyl groups is 5. The lowest BCUT2D eigenvalue weighted by atomic mass is 9.46. The minimum Gasteiger partial charge on any atom is -0.462 e. The van der Waals surface area contributed by atoms with E-state index in [0.717, 1.165) is 31.2 Å². The van der Waals surface area contributed by atoms with Crippen molar-refractivity contribution in [1.29, 1.82) is 0 Å². The third-order valence-electron chi connectivity index (χ3n) is 10.9. The molecule has 2 saturated carbocycles. The Balaban J connectivity index is 1.12. The summed E-state index contributed by atoms with van der Waals surface area (Å²) in [6, 6.07) is 7.02. The molecule has 11 nitrogen and oxygen atoms in total. The highest BCUT2D eigenvalue weighted by atomic mass is 16.7. The first-order chi connectivity index (χ1) is 21.0. The van der Waals surface area contributed by atoms with Gasteiger partial charge >= 0.3 is 5.97 Å². The minimum absolute atomic E-state index is 0.0126. The average molecular weight is 617 g/mol. The fourth-order valence-electron chi connectivity index (χ4n) is 8.37. The maximum absolute atomic E-state index is 12.1. The zero-order chi connectivity index (χ0) is 31.4. The molecule has 44 heavy (non-hydrogen) atoms. The molecule has 5 aliphatic rings. The van der Waals surface area contributed by atoms with Crippen molar-refractivity contribution in [3.63, 3.8) is 0 Å². The van der Waals surface area contributed by atoms with Crippen molar-refractivity contribution in [2.45, 2.75) is 95.2 Å². The van der Waals surface area contributed by atoms with E-state index in [9.17, 15) is 30.3 Å². The molecule has 0 aromatic heterocycles. The molecule has 3 saturated heterocycles. The smallest absolute Gasteiger partial charge is 0.336 e. The van der Waals surface area contributed by atoms with Gasteiger partial charge in [0.1, 0.15) is 42.9 Å². The summed E-state index contributed by atoms with van der Waals surface area (Å²) in [6.45, 7) is 9.01. The predicted molar refractivity (Wildman–Crippen MR) is 155 cm³/mol. The van der Waals surface area contributed by atoms with Crippen molar-refractivity contribution in [1.82, 2.24) is 0 Å². The Bertz CT molecular complexity index is 1260. The van der Waals surface area contributed by atoms with Crippen LogP contribution in [-0.4, -0.2) is 94.2 Å². The van der Waals surface area contributed by atoms with Crippen LogP contribution in [0.1, 0.15) is 57.8 Å². The first-order valence-corrected chi connectivity index (χ1v) is 15.5. The lowest BCUT2D eigenvalue weighted by Gasteiger charge is -2.62. The molecule has 11 heteroatoms. The first kappa shape index (κ1) is 31.6. The first-order valence-electron chi connectivity index (χ1n) is 15.5. The Morgan fingerprint density at radius 2 is 1.77 bits per heavy atom. The summed E-state index contributed by atoms with van der Waals surface area (Å²) in [4.78, 5) is 12.1. The quantitative estimate of drug-likeness (QED) is 0.180. The summed E-state index contributed by atoms with van der Waals surface area (Å²) >= 11 is 0. The van der Waals surface area contributed by atoms with Crippen LogP contribution >= 0.6 is 0 Å². The van der Waals surface area contributed by atoms with Crippen molar-refractivity contribution in [3.05, 3.63) is 53.6 Å². The van der Waals surface area contributed by atoms with Crippen LogP contribution in [0.3, 0.4) is 0 Å². The zero-order valence-corrected chi connectivity index (χ0v) is 25.2. The van der Waals surface area contributed by atoms with Gasteiger partial charge in [0.05, 0.1) is 24.9 Å². The van der Waals surface area contributed by atoms with Crippen LogP contribution in [0.4, 0.5) is 0 Å². The molecule has 0 spiro atoms. The second-order valence-corrected chi connectivity index (χ2v) is 13.5. The number of cyclic esters (lactones) is 1. The molecule has 5 fully saturated rings. The van der Waals surface area contributed by atoms with Crippen LogP contribution in [0.5, 0.6) is 5.75 Å². The molecule has 3 aliphatic heterocycles. The number of hydrogen-bond acceptors (Lipinski definition) is 11. The Labute approximate surface area is 257 Å². The normalized spacial score (nSPS) is 45.0. The van der Waals surface area contributed by atoms with Crippen LogP contribution in [0.2, 0.25) is 0 Å². The summed E-state index contributed by atoms with van der Waals surface area (Å²) in [7, 11) is 0. The Kier molecular flexibility index (Phi) is 8.70. The van der Waals surface area contributed by atoms with Gasteiger partial charge in [0.15, 0.2) is 6.29 Å². The van der Waals surface area contributed by atoms with E-state index in [4.69, 9.17) is 23.7 Å². The fraction of sp³-hybridized carbons (Fsp3) is 0.667. The topological polar surface area (TPSA) is 164 Å².